The Bertz CT molecular complexity index is 368. The monoisotopic (exact) mass is 267 g/mol. The van der Waals surface area contributed by atoms with Crippen LogP contribution in [0.4, 0.5) is 4.79 Å². The van der Waals surface area contributed by atoms with Crippen molar-refractivity contribution in [2.45, 2.75) is 45.2 Å². The molecule has 2 unspecified atom stereocenters. The quantitative estimate of drug-likeness (QED) is 0.742. The van der Waals surface area contributed by atoms with Gasteiger partial charge in [0.2, 0.25) is 0 Å². The largest absolute Gasteiger partial charge is 0.480 e. The normalized spacial score (nSPS) is 23.4. The van der Waals surface area contributed by atoms with Crippen molar-refractivity contribution in [1.82, 2.24) is 15.3 Å². The maximum absolute atomic E-state index is 12.0. The standard InChI is InChI=1S/C13H21N3O3/c1-4-8-15(9-12(17)18)13(19)14-16-10(2)6-5-7-11(16)3/h1,10-11H,5-9H2,2-3H3,(H,14,19)(H,17,18). The zero-order valence-corrected chi connectivity index (χ0v) is 11.4. The van der Waals surface area contributed by atoms with Gasteiger partial charge in [-0.25, -0.2) is 9.80 Å². The smallest absolute Gasteiger partial charge is 0.333 e. The first kappa shape index (κ1) is 15.3. The van der Waals surface area contributed by atoms with E-state index in [1.54, 1.807) is 0 Å². The molecule has 0 aromatic heterocycles. The lowest BCUT2D eigenvalue weighted by Crippen LogP contribution is -2.57. The molecule has 0 radical (unpaired) electrons. The summed E-state index contributed by atoms with van der Waals surface area (Å²) in [6, 6.07) is 0.0244. The summed E-state index contributed by atoms with van der Waals surface area (Å²) in [6.45, 7) is 3.67. The van der Waals surface area contributed by atoms with Crippen molar-refractivity contribution in [3.05, 3.63) is 0 Å². The summed E-state index contributed by atoms with van der Waals surface area (Å²) in [6.07, 6.45) is 8.31. The van der Waals surface area contributed by atoms with Crippen LogP contribution in [0.2, 0.25) is 0 Å². The zero-order valence-electron chi connectivity index (χ0n) is 11.4. The van der Waals surface area contributed by atoms with Crippen LogP contribution in [0.15, 0.2) is 0 Å². The molecular formula is C13H21N3O3. The Morgan fingerprint density at radius 2 is 2.00 bits per heavy atom. The van der Waals surface area contributed by atoms with Crippen LogP contribution in [0.1, 0.15) is 33.1 Å². The van der Waals surface area contributed by atoms with Crippen molar-refractivity contribution in [2.75, 3.05) is 13.1 Å². The molecule has 1 fully saturated rings. The molecule has 2 atom stereocenters. The van der Waals surface area contributed by atoms with Crippen LogP contribution in [-0.2, 0) is 4.79 Å². The van der Waals surface area contributed by atoms with E-state index < -0.39 is 18.5 Å². The van der Waals surface area contributed by atoms with E-state index in [0.29, 0.717) is 0 Å². The molecule has 0 saturated carbocycles. The summed E-state index contributed by atoms with van der Waals surface area (Å²) >= 11 is 0. The number of hydrogen-bond donors (Lipinski definition) is 2. The van der Waals surface area contributed by atoms with Gasteiger partial charge in [0.1, 0.15) is 6.54 Å². The Balaban J connectivity index is 2.64. The third-order valence-electron chi connectivity index (χ3n) is 3.31. The molecule has 1 aliphatic heterocycles. The van der Waals surface area contributed by atoms with Gasteiger partial charge in [0.15, 0.2) is 0 Å². The second-order valence-corrected chi connectivity index (χ2v) is 4.91. The van der Waals surface area contributed by atoms with E-state index in [2.05, 4.69) is 11.3 Å². The first-order valence-electron chi connectivity index (χ1n) is 6.44. The van der Waals surface area contributed by atoms with Crippen molar-refractivity contribution < 1.29 is 14.7 Å². The number of nitrogens with zero attached hydrogens (tertiary/aromatic N) is 2. The second kappa shape index (κ2) is 7.00. The number of aliphatic carboxylic acids is 1. The van der Waals surface area contributed by atoms with Gasteiger partial charge in [-0.2, -0.15) is 0 Å². The summed E-state index contributed by atoms with van der Waals surface area (Å²) in [5, 5.41) is 10.7. The second-order valence-electron chi connectivity index (χ2n) is 4.91. The van der Waals surface area contributed by atoms with Crippen molar-refractivity contribution in [3.63, 3.8) is 0 Å². The molecular weight excluding hydrogens is 246 g/mol. The number of hydrogen-bond acceptors (Lipinski definition) is 3. The summed E-state index contributed by atoms with van der Waals surface area (Å²) in [5.74, 6) is 1.22. The van der Waals surface area contributed by atoms with Crippen molar-refractivity contribution in [1.29, 1.82) is 0 Å². The molecule has 1 aliphatic rings. The van der Waals surface area contributed by atoms with Crippen LogP contribution in [0.3, 0.4) is 0 Å². The van der Waals surface area contributed by atoms with Gasteiger partial charge in [0.05, 0.1) is 6.54 Å². The van der Waals surface area contributed by atoms with Gasteiger partial charge < -0.3 is 10.0 Å². The maximum Gasteiger partial charge on any atom is 0.333 e. The highest BCUT2D eigenvalue weighted by atomic mass is 16.4. The van der Waals surface area contributed by atoms with Gasteiger partial charge in [-0.15, -0.1) is 6.42 Å². The number of amides is 2. The Morgan fingerprint density at radius 3 is 2.47 bits per heavy atom. The highest BCUT2D eigenvalue weighted by molar-refractivity contribution is 5.80. The number of urea groups is 1. The minimum Gasteiger partial charge on any atom is -0.480 e. The number of carboxylic acid groups (broad SMARTS) is 1. The minimum absolute atomic E-state index is 0.0191. The third-order valence-corrected chi connectivity index (χ3v) is 3.31. The fraction of sp³-hybridized carbons (Fsp3) is 0.692. The third kappa shape index (κ3) is 4.45. The van der Waals surface area contributed by atoms with Gasteiger partial charge in [-0.05, 0) is 26.7 Å². The van der Waals surface area contributed by atoms with Crippen LogP contribution in [0.5, 0.6) is 0 Å². The van der Waals surface area contributed by atoms with Gasteiger partial charge in [-0.3, -0.25) is 10.2 Å². The fourth-order valence-corrected chi connectivity index (χ4v) is 2.30. The molecule has 2 N–H and O–H groups in total. The lowest BCUT2D eigenvalue weighted by Gasteiger charge is -2.39. The molecule has 19 heavy (non-hydrogen) atoms. The van der Waals surface area contributed by atoms with E-state index in [1.807, 2.05) is 18.9 Å². The van der Waals surface area contributed by atoms with Crippen LogP contribution in [-0.4, -0.2) is 52.2 Å². The molecule has 0 aliphatic carbocycles. The number of carboxylic acids is 1. The Kier molecular flexibility index (Phi) is 5.64. The van der Waals surface area contributed by atoms with E-state index in [0.717, 1.165) is 24.2 Å². The van der Waals surface area contributed by atoms with E-state index in [4.69, 9.17) is 11.5 Å². The van der Waals surface area contributed by atoms with Gasteiger partial charge in [0, 0.05) is 12.1 Å². The first-order chi connectivity index (χ1) is 8.95. The maximum atomic E-state index is 12.0. The SMILES string of the molecule is C#CCN(CC(=O)O)C(=O)NN1C(C)CCCC1C. The average molecular weight is 267 g/mol. The summed E-state index contributed by atoms with van der Waals surface area (Å²) in [4.78, 5) is 23.9. The van der Waals surface area contributed by atoms with Gasteiger partial charge >= 0.3 is 12.0 Å². The summed E-state index contributed by atoms with van der Waals surface area (Å²) in [7, 11) is 0. The molecule has 1 saturated heterocycles. The number of carbonyl (C=O) groups is 2. The number of rotatable bonds is 4. The molecule has 0 aromatic rings. The Morgan fingerprint density at radius 1 is 1.42 bits per heavy atom. The lowest BCUT2D eigenvalue weighted by atomic mass is 10.00. The lowest BCUT2D eigenvalue weighted by molar-refractivity contribution is -0.137. The molecule has 6 nitrogen and oxygen atoms in total. The number of piperidine rings is 1. The van der Waals surface area contributed by atoms with Crippen LogP contribution >= 0.6 is 0 Å². The predicted molar refractivity (Wildman–Crippen MR) is 71.2 cm³/mol. The predicted octanol–water partition coefficient (Wildman–Crippen LogP) is 0.894. The van der Waals surface area contributed by atoms with E-state index in [9.17, 15) is 9.59 Å². The first-order valence-corrected chi connectivity index (χ1v) is 6.44. The van der Waals surface area contributed by atoms with Crippen molar-refractivity contribution >= 4 is 12.0 Å². The van der Waals surface area contributed by atoms with Crippen LogP contribution < -0.4 is 5.43 Å². The van der Waals surface area contributed by atoms with E-state index in [-0.39, 0.29) is 18.6 Å². The van der Waals surface area contributed by atoms with E-state index in [1.165, 1.54) is 0 Å². The van der Waals surface area contributed by atoms with Crippen molar-refractivity contribution in [2.24, 2.45) is 0 Å². The number of terminal acetylenes is 1. The highest BCUT2D eigenvalue weighted by Crippen LogP contribution is 2.20. The van der Waals surface area contributed by atoms with Gasteiger partial charge in [-0.1, -0.05) is 12.3 Å². The van der Waals surface area contributed by atoms with Crippen LogP contribution in [0, 0.1) is 12.3 Å². The Hall–Kier alpha value is -1.74. The molecule has 0 bridgehead atoms. The van der Waals surface area contributed by atoms with Crippen molar-refractivity contribution in [3.8, 4) is 12.3 Å². The van der Waals surface area contributed by atoms with Gasteiger partial charge in [0.25, 0.3) is 0 Å². The molecule has 2 amide bonds. The molecule has 0 aromatic carbocycles. The fourth-order valence-electron chi connectivity index (χ4n) is 2.30. The Labute approximate surface area is 113 Å². The highest BCUT2D eigenvalue weighted by Gasteiger charge is 2.27. The molecule has 1 heterocycles. The van der Waals surface area contributed by atoms with E-state index >= 15 is 0 Å². The minimum atomic E-state index is -1.08. The number of carbonyl (C=O) groups excluding carboxylic acids is 1. The topological polar surface area (TPSA) is 72.9 Å². The summed E-state index contributed by atoms with van der Waals surface area (Å²) < 4.78 is 0. The number of hydrazine groups is 1. The molecule has 6 heteroatoms. The molecule has 106 valence electrons. The molecule has 1 rings (SSSR count). The number of nitrogens with one attached hydrogen (secondary N) is 1. The average Bonchev–Trinajstić information content (AvgIpc) is 2.32. The zero-order chi connectivity index (χ0) is 14.4. The molecule has 0 spiro atoms. The van der Waals surface area contributed by atoms with Crippen LogP contribution in [0.25, 0.3) is 0 Å². The summed E-state index contributed by atoms with van der Waals surface area (Å²) in [5.41, 5.74) is 2.77.